The molecule has 1 amide bonds. The van der Waals surface area contributed by atoms with E-state index in [1.54, 1.807) is 0 Å². The van der Waals surface area contributed by atoms with Crippen molar-refractivity contribution in [3.05, 3.63) is 29.3 Å². The number of hydrogen-bond acceptors (Lipinski definition) is 5. The second-order valence-electron chi connectivity index (χ2n) is 7.09. The van der Waals surface area contributed by atoms with Gasteiger partial charge in [0.05, 0.1) is 35.1 Å². The fourth-order valence-corrected chi connectivity index (χ4v) is 7.31. The molecule has 2 bridgehead atoms. The maximum absolute atomic E-state index is 13.4. The smallest absolute Gasteiger partial charge is 0.372 e. The predicted octanol–water partition coefficient (Wildman–Crippen LogP) is 1.39. The van der Waals surface area contributed by atoms with Crippen molar-refractivity contribution >= 4 is 21.6 Å². The topological polar surface area (TPSA) is 99.5 Å². The van der Waals surface area contributed by atoms with E-state index in [0.29, 0.717) is 18.9 Å². The minimum absolute atomic E-state index is 0.153. The molecule has 11 heteroatoms. The lowest BCUT2D eigenvalue weighted by Crippen LogP contribution is -2.60. The number of sulfonamides is 1. The first kappa shape index (κ1) is 19.0. The van der Waals surface area contributed by atoms with Gasteiger partial charge in [0.1, 0.15) is 0 Å². The Morgan fingerprint density at radius 2 is 2.11 bits per heavy atom. The Labute approximate surface area is 159 Å². The molecule has 150 valence electrons. The van der Waals surface area contributed by atoms with E-state index in [0.717, 1.165) is 16.4 Å². The molecular formula is C17H16F3N3O4S. The summed E-state index contributed by atoms with van der Waals surface area (Å²) in [6, 6.07) is 4.22. The summed E-state index contributed by atoms with van der Waals surface area (Å²) in [5.41, 5.74) is -2.03. The average Bonchev–Trinajstić information content (AvgIpc) is 3.30. The monoisotopic (exact) mass is 415 g/mol. The van der Waals surface area contributed by atoms with Crippen molar-refractivity contribution in [1.82, 2.24) is 5.32 Å². The summed E-state index contributed by atoms with van der Waals surface area (Å²) in [4.78, 5) is 12.7. The summed E-state index contributed by atoms with van der Waals surface area (Å²) in [5, 5.41) is 11.3. The Bertz CT molecular complexity index is 1000. The zero-order chi connectivity index (χ0) is 20.5. The first-order chi connectivity index (χ1) is 13.1. The number of hydrogen-bond donors (Lipinski definition) is 1. The van der Waals surface area contributed by atoms with Crippen LogP contribution in [0.4, 0.5) is 18.9 Å². The molecule has 0 aliphatic carbocycles. The zero-order valence-electron chi connectivity index (χ0n) is 14.7. The van der Waals surface area contributed by atoms with E-state index in [9.17, 15) is 26.4 Å². The Balaban J connectivity index is 1.86. The molecule has 0 aromatic heterocycles. The van der Waals surface area contributed by atoms with Gasteiger partial charge in [-0.3, -0.25) is 9.10 Å². The zero-order valence-corrected chi connectivity index (χ0v) is 15.5. The molecular weight excluding hydrogens is 399 g/mol. The van der Waals surface area contributed by atoms with Crippen LogP contribution < -0.4 is 9.62 Å². The third-order valence-corrected chi connectivity index (χ3v) is 8.45. The molecule has 0 radical (unpaired) electrons. The standard InChI is InChI=1S/C17H16F3N3O4S/c1-22-15(24)16-12(13-4-5-14(16)27-13)8-23(28(16,25)26)10-3-2-9(7-21)11(6-10)17(18,19)20/h2-3,6,12-14H,4-5,8H2,1H3,(H,22,24)/t12-,13+,14-,16-/m0/s1. The maximum Gasteiger partial charge on any atom is 0.417 e. The number of nitrogens with zero attached hydrogens (tertiary/aromatic N) is 2. The van der Waals surface area contributed by atoms with Crippen molar-refractivity contribution in [2.24, 2.45) is 5.92 Å². The number of nitrogens with one attached hydrogen (secondary N) is 1. The summed E-state index contributed by atoms with van der Waals surface area (Å²) in [7, 11) is -3.04. The van der Waals surface area contributed by atoms with Gasteiger partial charge in [0.25, 0.3) is 10.0 Å². The second kappa shape index (κ2) is 5.84. The number of alkyl halides is 3. The molecule has 4 atom stereocenters. The molecule has 3 saturated heterocycles. The van der Waals surface area contributed by atoms with Gasteiger partial charge >= 0.3 is 6.18 Å². The highest BCUT2D eigenvalue weighted by Gasteiger charge is 2.76. The number of ether oxygens (including phenoxy) is 1. The van der Waals surface area contributed by atoms with Gasteiger partial charge in [-0.25, -0.2) is 8.42 Å². The van der Waals surface area contributed by atoms with Crippen LogP contribution in [-0.4, -0.2) is 44.9 Å². The first-order valence-corrected chi connectivity index (χ1v) is 10.0. The van der Waals surface area contributed by atoms with Gasteiger partial charge in [0.2, 0.25) is 10.7 Å². The van der Waals surface area contributed by atoms with Gasteiger partial charge in [-0.1, -0.05) is 0 Å². The van der Waals surface area contributed by atoms with Crippen molar-refractivity contribution in [1.29, 1.82) is 5.26 Å². The molecule has 1 aromatic rings. The number of rotatable bonds is 2. The van der Waals surface area contributed by atoms with Crippen molar-refractivity contribution in [3.8, 4) is 6.07 Å². The van der Waals surface area contributed by atoms with Crippen molar-refractivity contribution in [2.75, 3.05) is 17.9 Å². The molecule has 1 aromatic carbocycles. The highest BCUT2D eigenvalue weighted by Crippen LogP contribution is 2.56. The molecule has 3 aliphatic rings. The number of fused-ring (bicyclic) bond motifs is 5. The van der Waals surface area contributed by atoms with Crippen molar-refractivity contribution < 1.29 is 31.1 Å². The average molecular weight is 415 g/mol. The van der Waals surface area contributed by atoms with Crippen LogP contribution in [0.2, 0.25) is 0 Å². The predicted molar refractivity (Wildman–Crippen MR) is 90.6 cm³/mol. The Morgan fingerprint density at radius 1 is 1.39 bits per heavy atom. The largest absolute Gasteiger partial charge is 0.417 e. The fraction of sp³-hybridized carbons (Fsp3) is 0.529. The Kier molecular flexibility index (Phi) is 3.97. The Morgan fingerprint density at radius 3 is 2.71 bits per heavy atom. The van der Waals surface area contributed by atoms with Gasteiger partial charge in [-0.2, -0.15) is 18.4 Å². The third kappa shape index (κ3) is 2.18. The van der Waals surface area contributed by atoms with E-state index < -0.39 is 56.1 Å². The van der Waals surface area contributed by atoms with Gasteiger partial charge in [0, 0.05) is 19.5 Å². The lowest BCUT2D eigenvalue weighted by Gasteiger charge is -2.32. The lowest BCUT2D eigenvalue weighted by atomic mass is 9.78. The van der Waals surface area contributed by atoms with E-state index in [-0.39, 0.29) is 12.2 Å². The lowest BCUT2D eigenvalue weighted by molar-refractivity contribution is -0.137. The van der Waals surface area contributed by atoms with E-state index in [4.69, 9.17) is 10.00 Å². The molecule has 3 heterocycles. The molecule has 3 aliphatic heterocycles. The van der Waals surface area contributed by atoms with Crippen LogP contribution in [0.25, 0.3) is 0 Å². The summed E-state index contributed by atoms with van der Waals surface area (Å²) in [5.74, 6) is -1.39. The molecule has 1 N–H and O–H groups in total. The van der Waals surface area contributed by atoms with E-state index >= 15 is 0 Å². The van der Waals surface area contributed by atoms with E-state index in [1.165, 1.54) is 13.1 Å². The quantitative estimate of drug-likeness (QED) is 0.787. The highest BCUT2D eigenvalue weighted by molar-refractivity contribution is 7.95. The molecule has 4 rings (SSSR count). The molecule has 7 nitrogen and oxygen atoms in total. The van der Waals surface area contributed by atoms with Crippen LogP contribution in [0.3, 0.4) is 0 Å². The molecule has 0 saturated carbocycles. The Hall–Kier alpha value is -2.32. The molecule has 28 heavy (non-hydrogen) atoms. The third-order valence-electron chi connectivity index (χ3n) is 5.91. The maximum atomic E-state index is 13.4. The normalized spacial score (nSPS) is 32.8. The summed E-state index contributed by atoms with van der Waals surface area (Å²) in [6.07, 6.45) is -5.11. The van der Waals surface area contributed by atoms with E-state index in [1.807, 2.05) is 0 Å². The number of benzene rings is 1. The minimum Gasteiger partial charge on any atom is -0.372 e. The summed E-state index contributed by atoms with van der Waals surface area (Å²) >= 11 is 0. The van der Waals surface area contributed by atoms with Crippen LogP contribution in [0.5, 0.6) is 0 Å². The number of anilines is 1. The van der Waals surface area contributed by atoms with Crippen molar-refractivity contribution in [3.63, 3.8) is 0 Å². The van der Waals surface area contributed by atoms with Crippen LogP contribution in [-0.2, 0) is 25.7 Å². The minimum atomic E-state index is -4.82. The van der Waals surface area contributed by atoms with Crippen LogP contribution in [0.1, 0.15) is 24.0 Å². The van der Waals surface area contributed by atoms with Gasteiger partial charge in [-0.15, -0.1) is 0 Å². The fourth-order valence-electron chi connectivity index (χ4n) is 4.75. The van der Waals surface area contributed by atoms with Crippen molar-refractivity contribution in [2.45, 2.75) is 36.0 Å². The van der Waals surface area contributed by atoms with Crippen LogP contribution in [0, 0.1) is 17.2 Å². The van der Waals surface area contributed by atoms with Crippen LogP contribution in [0.15, 0.2) is 18.2 Å². The molecule has 3 fully saturated rings. The van der Waals surface area contributed by atoms with E-state index in [2.05, 4.69) is 5.32 Å². The number of carbonyl (C=O) groups is 1. The highest BCUT2D eigenvalue weighted by atomic mass is 32.2. The number of halogens is 3. The van der Waals surface area contributed by atoms with Gasteiger partial charge < -0.3 is 10.1 Å². The van der Waals surface area contributed by atoms with Crippen LogP contribution >= 0.6 is 0 Å². The molecule has 0 unspecified atom stereocenters. The second-order valence-corrected chi connectivity index (χ2v) is 9.16. The number of nitriles is 1. The number of amides is 1. The molecule has 0 spiro atoms. The van der Waals surface area contributed by atoms with Gasteiger partial charge in [0.15, 0.2) is 0 Å². The summed E-state index contributed by atoms with van der Waals surface area (Å²) in [6.45, 7) is -0.153. The summed E-state index contributed by atoms with van der Waals surface area (Å²) < 4.78 is 71.5. The van der Waals surface area contributed by atoms with Gasteiger partial charge in [-0.05, 0) is 31.0 Å². The number of carbonyl (C=O) groups excluding carboxylic acids is 1. The first-order valence-electron chi connectivity index (χ1n) is 8.60. The SMILES string of the molecule is CNC(=O)[C@@]12[C@@H]3CC[C@@H](O3)[C@@H]1CN(c1ccc(C#N)c(C(F)(F)F)c1)S2(=O)=O.